The van der Waals surface area contributed by atoms with E-state index < -0.39 is 22.5 Å². The highest BCUT2D eigenvalue weighted by atomic mass is 35.5. The quantitative estimate of drug-likeness (QED) is 0.290. The monoisotopic (exact) mass is 645 g/mol. The second kappa shape index (κ2) is 15.6. The molecule has 4 rings (SSSR count). The van der Waals surface area contributed by atoms with Crippen molar-refractivity contribution in [3.05, 3.63) is 93.7 Å². The van der Waals surface area contributed by atoms with Gasteiger partial charge in [0.1, 0.15) is 4.90 Å². The first-order valence-electron chi connectivity index (χ1n) is 14.3. The fourth-order valence-corrected chi connectivity index (χ4v) is 7.18. The Kier molecular flexibility index (Phi) is 12.0. The van der Waals surface area contributed by atoms with Crippen LogP contribution < -0.4 is 10.6 Å². The van der Waals surface area contributed by atoms with E-state index in [1.807, 2.05) is 42.5 Å². The van der Waals surface area contributed by atoms with Gasteiger partial charge in [0.25, 0.3) is 0 Å². The molecule has 0 saturated carbocycles. The molecule has 1 aliphatic rings. The molecule has 0 aliphatic carbocycles. The molecule has 43 heavy (non-hydrogen) atoms. The van der Waals surface area contributed by atoms with Crippen LogP contribution in [0.5, 0.6) is 0 Å². The van der Waals surface area contributed by atoms with Crippen LogP contribution in [-0.2, 0) is 32.6 Å². The number of amides is 2. The van der Waals surface area contributed by atoms with Gasteiger partial charge in [-0.25, -0.2) is 8.42 Å². The molecule has 12 heteroatoms. The second-order valence-corrected chi connectivity index (χ2v) is 13.4. The van der Waals surface area contributed by atoms with Gasteiger partial charge in [0.2, 0.25) is 21.8 Å². The molecule has 2 heterocycles. The molecule has 3 aromatic rings. The Morgan fingerprint density at radius 3 is 2.40 bits per heavy atom. The lowest BCUT2D eigenvalue weighted by Gasteiger charge is -2.30. The third-order valence-electron chi connectivity index (χ3n) is 7.56. The Hall–Kier alpha value is -3.02. The number of nitrogens with zero attached hydrogens (tertiary/aromatic N) is 3. The minimum absolute atomic E-state index is 0.0115. The van der Waals surface area contributed by atoms with Crippen molar-refractivity contribution in [3.8, 4) is 0 Å². The highest BCUT2D eigenvalue weighted by Gasteiger charge is 2.30. The van der Waals surface area contributed by atoms with Crippen LogP contribution in [0.15, 0.2) is 71.9 Å². The number of halogens is 2. The number of rotatable bonds is 13. The van der Waals surface area contributed by atoms with Crippen LogP contribution in [0.3, 0.4) is 0 Å². The van der Waals surface area contributed by atoms with Gasteiger partial charge in [-0.2, -0.15) is 4.31 Å². The summed E-state index contributed by atoms with van der Waals surface area (Å²) in [6.07, 6.45) is 5.68. The van der Waals surface area contributed by atoms with E-state index in [-0.39, 0.29) is 28.9 Å². The number of hydrogen-bond acceptors (Lipinski definition) is 6. The summed E-state index contributed by atoms with van der Waals surface area (Å²) in [6, 6.07) is 15.9. The minimum atomic E-state index is -4.18. The van der Waals surface area contributed by atoms with Crippen LogP contribution in [0.2, 0.25) is 10.0 Å². The lowest BCUT2D eigenvalue weighted by atomic mass is 9.97. The van der Waals surface area contributed by atoms with Crippen LogP contribution in [0.4, 0.5) is 0 Å². The Balaban J connectivity index is 1.47. The number of carbonyl (C=O) groups is 2. The summed E-state index contributed by atoms with van der Waals surface area (Å²) < 4.78 is 28.7. The average Bonchev–Trinajstić information content (AvgIpc) is 3.01. The summed E-state index contributed by atoms with van der Waals surface area (Å²) in [5.41, 5.74) is 2.30. The van der Waals surface area contributed by atoms with Crippen molar-refractivity contribution < 1.29 is 18.0 Å². The van der Waals surface area contributed by atoms with E-state index in [0.29, 0.717) is 36.0 Å². The molecule has 0 bridgehead atoms. The number of nitrogens with one attached hydrogen (secondary N) is 2. The molecular formula is C31H37Cl2N5O4S. The molecule has 1 aromatic heterocycles. The van der Waals surface area contributed by atoms with E-state index in [4.69, 9.17) is 23.2 Å². The van der Waals surface area contributed by atoms with E-state index >= 15 is 0 Å². The molecular weight excluding hydrogens is 609 g/mol. The van der Waals surface area contributed by atoms with Crippen LogP contribution in [0.1, 0.15) is 29.5 Å². The Bertz CT molecular complexity index is 1490. The normalized spacial score (nSPS) is 14.0. The maximum atomic E-state index is 13.8. The number of carbonyl (C=O) groups excluding carboxylic acids is 2. The molecule has 1 fully saturated rings. The van der Waals surface area contributed by atoms with Gasteiger partial charge < -0.3 is 15.5 Å². The summed E-state index contributed by atoms with van der Waals surface area (Å²) in [5, 5.41) is 6.36. The molecule has 9 nitrogen and oxygen atoms in total. The van der Waals surface area contributed by atoms with Crippen molar-refractivity contribution in [1.82, 2.24) is 24.8 Å². The molecule has 230 valence electrons. The zero-order chi connectivity index (χ0) is 30.8. The van der Waals surface area contributed by atoms with E-state index in [1.54, 1.807) is 24.2 Å². The summed E-state index contributed by atoms with van der Waals surface area (Å²) in [4.78, 5) is 32.2. The summed E-state index contributed by atoms with van der Waals surface area (Å²) >= 11 is 12.6. The number of aromatic nitrogens is 1. The van der Waals surface area contributed by atoms with Gasteiger partial charge in [-0.05, 0) is 86.1 Å². The average molecular weight is 647 g/mol. The molecule has 0 spiro atoms. The Morgan fingerprint density at radius 1 is 1.00 bits per heavy atom. The van der Waals surface area contributed by atoms with Crippen molar-refractivity contribution in [2.75, 3.05) is 39.3 Å². The van der Waals surface area contributed by atoms with Crippen LogP contribution in [0.25, 0.3) is 0 Å². The summed E-state index contributed by atoms with van der Waals surface area (Å²) in [5.74, 6) is -0.467. The molecule has 2 amide bonds. The van der Waals surface area contributed by atoms with Gasteiger partial charge in [0.05, 0.1) is 18.1 Å². The minimum Gasteiger partial charge on any atom is -0.346 e. The lowest BCUT2D eigenvalue weighted by Crippen LogP contribution is -2.46. The summed E-state index contributed by atoms with van der Waals surface area (Å²) in [7, 11) is -4.18. The second-order valence-electron chi connectivity index (χ2n) is 10.7. The van der Waals surface area contributed by atoms with E-state index in [1.165, 1.54) is 12.1 Å². The Morgan fingerprint density at radius 2 is 1.70 bits per heavy atom. The van der Waals surface area contributed by atoms with Gasteiger partial charge >= 0.3 is 0 Å². The smallest absolute Gasteiger partial charge is 0.245 e. The van der Waals surface area contributed by atoms with Gasteiger partial charge in [-0.3, -0.25) is 14.6 Å². The largest absolute Gasteiger partial charge is 0.346 e. The number of sulfonamides is 1. The fraction of sp³-hybridized carbons (Fsp3) is 0.387. The number of hydrogen-bond donors (Lipinski definition) is 2. The Labute approximate surface area is 263 Å². The summed E-state index contributed by atoms with van der Waals surface area (Å²) in [6.45, 7) is 3.74. The fourth-order valence-electron chi connectivity index (χ4n) is 5.00. The van der Waals surface area contributed by atoms with E-state index in [2.05, 4.69) is 15.6 Å². The van der Waals surface area contributed by atoms with Gasteiger partial charge in [0, 0.05) is 37.1 Å². The molecule has 2 N–H and O–H groups in total. The number of pyridine rings is 1. The number of benzene rings is 2. The van der Waals surface area contributed by atoms with Gasteiger partial charge in [-0.15, -0.1) is 0 Å². The zero-order valence-corrected chi connectivity index (χ0v) is 26.5. The van der Waals surface area contributed by atoms with Crippen molar-refractivity contribution in [3.63, 3.8) is 0 Å². The third-order valence-corrected chi connectivity index (χ3v) is 10.5. The first-order chi connectivity index (χ1) is 20.6. The van der Waals surface area contributed by atoms with Gasteiger partial charge in [0.15, 0.2) is 0 Å². The highest BCUT2D eigenvalue weighted by Crippen LogP contribution is 2.32. The maximum Gasteiger partial charge on any atom is 0.245 e. The first kappa shape index (κ1) is 32.9. The predicted octanol–water partition coefficient (Wildman–Crippen LogP) is 4.07. The van der Waals surface area contributed by atoms with Gasteiger partial charge in [-0.1, -0.05) is 53.5 Å². The molecule has 0 atom stereocenters. The third kappa shape index (κ3) is 9.23. The van der Waals surface area contributed by atoms with E-state index in [0.717, 1.165) is 41.4 Å². The zero-order valence-electron chi connectivity index (χ0n) is 24.1. The molecule has 1 aliphatic heterocycles. The molecule has 0 unspecified atom stereocenters. The van der Waals surface area contributed by atoms with Crippen LogP contribution in [-0.4, -0.2) is 73.7 Å². The molecule has 2 aromatic carbocycles. The van der Waals surface area contributed by atoms with Crippen molar-refractivity contribution in [2.24, 2.45) is 5.92 Å². The van der Waals surface area contributed by atoms with Crippen LogP contribution >= 0.6 is 23.2 Å². The topological polar surface area (TPSA) is 112 Å². The lowest BCUT2D eigenvalue weighted by molar-refractivity contribution is -0.134. The van der Waals surface area contributed by atoms with Crippen molar-refractivity contribution in [2.45, 2.75) is 37.6 Å². The SMILES string of the molecule is Cc1c(Cl)ccc(S(=O)(=O)N(CCc2ccccc2)CC(=O)NCC(=O)N(Cc2ccncc2)CC2CCNCC2)c1Cl. The molecule has 1 saturated heterocycles. The van der Waals surface area contributed by atoms with Crippen molar-refractivity contribution in [1.29, 1.82) is 0 Å². The highest BCUT2D eigenvalue weighted by molar-refractivity contribution is 7.89. The first-order valence-corrected chi connectivity index (χ1v) is 16.5. The molecule has 0 radical (unpaired) electrons. The van der Waals surface area contributed by atoms with E-state index in [9.17, 15) is 18.0 Å². The maximum absolute atomic E-state index is 13.8. The number of piperidine rings is 1. The van der Waals surface area contributed by atoms with Crippen LogP contribution in [0, 0.1) is 12.8 Å². The standard InChI is InChI=1S/C31H37Cl2N5O4S/c1-23-27(32)7-8-28(31(23)33)43(41,42)38(18-13-24-5-3-2-4-6-24)22-29(39)36-19-30(40)37(20-25-9-14-34-15-10-25)21-26-11-16-35-17-12-26/h2-10,14-15,26,35H,11-13,16-22H2,1H3,(H,36,39). The predicted molar refractivity (Wildman–Crippen MR) is 168 cm³/mol. The van der Waals surface area contributed by atoms with Crippen molar-refractivity contribution >= 4 is 45.0 Å².